The molecule has 1 amide bonds. The fourth-order valence-corrected chi connectivity index (χ4v) is 3.98. The van der Waals surface area contributed by atoms with Crippen molar-refractivity contribution < 1.29 is 23.9 Å². The van der Waals surface area contributed by atoms with Crippen molar-refractivity contribution in [3.8, 4) is 0 Å². The summed E-state index contributed by atoms with van der Waals surface area (Å²) in [6.07, 6.45) is 1.85. The first-order chi connectivity index (χ1) is 12.2. The summed E-state index contributed by atoms with van der Waals surface area (Å²) in [7, 11) is 0. The van der Waals surface area contributed by atoms with E-state index in [0.717, 1.165) is 6.42 Å². The Morgan fingerprint density at radius 2 is 1.96 bits per heavy atom. The second-order valence-corrected chi connectivity index (χ2v) is 7.84. The van der Waals surface area contributed by atoms with Gasteiger partial charge in [0.05, 0.1) is 17.6 Å². The molecule has 2 bridgehead atoms. The Kier molecular flexibility index (Phi) is 4.33. The number of rotatable bonds is 5. The van der Waals surface area contributed by atoms with E-state index in [9.17, 15) is 14.4 Å². The molecule has 1 aromatic rings. The molecule has 1 saturated heterocycles. The van der Waals surface area contributed by atoms with Crippen LogP contribution in [-0.2, 0) is 19.1 Å². The molecular weight excluding hydrogens is 334 g/mol. The number of benzene rings is 1. The molecule has 0 aromatic heterocycles. The minimum Gasteiger partial charge on any atom is -0.462 e. The third-order valence-corrected chi connectivity index (χ3v) is 6.24. The van der Waals surface area contributed by atoms with Gasteiger partial charge in [0, 0.05) is 11.1 Å². The fourth-order valence-electron chi connectivity index (χ4n) is 3.98. The molecule has 2 unspecified atom stereocenters. The van der Waals surface area contributed by atoms with E-state index in [-0.39, 0.29) is 11.9 Å². The van der Waals surface area contributed by atoms with Gasteiger partial charge >= 0.3 is 11.9 Å². The van der Waals surface area contributed by atoms with E-state index in [1.807, 2.05) is 27.7 Å². The van der Waals surface area contributed by atoms with Gasteiger partial charge in [-0.25, -0.2) is 4.79 Å². The van der Waals surface area contributed by atoms with E-state index in [1.165, 1.54) is 0 Å². The quantitative estimate of drug-likeness (QED) is 0.816. The molecule has 1 aliphatic heterocycles. The largest absolute Gasteiger partial charge is 0.462 e. The monoisotopic (exact) mass is 359 g/mol. The van der Waals surface area contributed by atoms with Crippen LogP contribution in [-0.4, -0.2) is 30.1 Å². The molecule has 2 aliphatic rings. The normalized spacial score (nSPS) is 28.5. The lowest BCUT2D eigenvalue weighted by Crippen LogP contribution is -2.50. The molecule has 2 atom stereocenters. The van der Waals surface area contributed by atoms with Gasteiger partial charge < -0.3 is 14.8 Å². The summed E-state index contributed by atoms with van der Waals surface area (Å²) >= 11 is 0. The molecule has 3 rings (SSSR count). The first-order valence-corrected chi connectivity index (χ1v) is 9.00. The summed E-state index contributed by atoms with van der Waals surface area (Å²) in [6, 6.07) is 6.59. The van der Waals surface area contributed by atoms with Crippen LogP contribution < -0.4 is 5.32 Å². The summed E-state index contributed by atoms with van der Waals surface area (Å²) in [4.78, 5) is 37.4. The molecule has 1 heterocycles. The molecule has 6 heteroatoms. The van der Waals surface area contributed by atoms with Gasteiger partial charge in [-0.05, 0) is 44.4 Å². The Morgan fingerprint density at radius 3 is 2.54 bits per heavy atom. The minimum absolute atomic E-state index is 0.319. The number of amides is 1. The van der Waals surface area contributed by atoms with Crippen molar-refractivity contribution in [2.24, 2.45) is 10.8 Å². The SMILES string of the molecule is CCCOC(=O)c1cccc(NC(=O)C23CCC(C)(C(=O)O2)C3(C)C)c1. The summed E-state index contributed by atoms with van der Waals surface area (Å²) in [5.41, 5.74) is -1.61. The van der Waals surface area contributed by atoms with Crippen LogP contribution in [0.2, 0.25) is 0 Å². The zero-order valence-corrected chi connectivity index (χ0v) is 15.7. The molecular formula is C20H25NO5. The number of esters is 2. The van der Waals surface area contributed by atoms with Crippen LogP contribution in [0.15, 0.2) is 24.3 Å². The molecule has 26 heavy (non-hydrogen) atoms. The molecule has 1 aliphatic carbocycles. The first-order valence-electron chi connectivity index (χ1n) is 9.00. The maximum absolute atomic E-state index is 13.0. The molecule has 1 saturated carbocycles. The third-order valence-electron chi connectivity index (χ3n) is 6.24. The van der Waals surface area contributed by atoms with Crippen LogP contribution in [0, 0.1) is 10.8 Å². The van der Waals surface area contributed by atoms with Crippen molar-refractivity contribution in [2.75, 3.05) is 11.9 Å². The topological polar surface area (TPSA) is 81.7 Å². The van der Waals surface area contributed by atoms with E-state index >= 15 is 0 Å². The number of carbonyl (C=O) groups is 3. The predicted octanol–water partition coefficient (Wildman–Crippen LogP) is 3.31. The number of carbonyl (C=O) groups excluding carboxylic acids is 3. The number of nitrogens with one attached hydrogen (secondary N) is 1. The number of anilines is 1. The van der Waals surface area contributed by atoms with Gasteiger partial charge in [-0.15, -0.1) is 0 Å². The number of hydrogen-bond acceptors (Lipinski definition) is 5. The van der Waals surface area contributed by atoms with Crippen LogP contribution in [0.1, 0.15) is 57.3 Å². The average Bonchev–Trinajstić information content (AvgIpc) is 2.90. The van der Waals surface area contributed by atoms with Gasteiger partial charge in [-0.3, -0.25) is 9.59 Å². The van der Waals surface area contributed by atoms with Crippen LogP contribution in [0.5, 0.6) is 0 Å². The maximum atomic E-state index is 13.0. The van der Waals surface area contributed by atoms with E-state index in [2.05, 4.69) is 5.32 Å². The predicted molar refractivity (Wildman–Crippen MR) is 95.6 cm³/mol. The lowest BCUT2D eigenvalue weighted by Gasteiger charge is -2.35. The van der Waals surface area contributed by atoms with Gasteiger partial charge in [0.15, 0.2) is 5.60 Å². The average molecular weight is 359 g/mol. The van der Waals surface area contributed by atoms with E-state index < -0.39 is 22.4 Å². The van der Waals surface area contributed by atoms with Gasteiger partial charge in [0.2, 0.25) is 0 Å². The van der Waals surface area contributed by atoms with Gasteiger partial charge in [-0.2, -0.15) is 0 Å². The van der Waals surface area contributed by atoms with Crippen molar-refractivity contribution in [2.45, 2.75) is 52.6 Å². The van der Waals surface area contributed by atoms with Crippen molar-refractivity contribution in [3.63, 3.8) is 0 Å². The highest BCUT2D eigenvalue weighted by atomic mass is 16.6. The Labute approximate surface area is 153 Å². The van der Waals surface area contributed by atoms with Crippen LogP contribution in [0.3, 0.4) is 0 Å². The fraction of sp³-hybridized carbons (Fsp3) is 0.550. The molecule has 0 spiro atoms. The molecule has 140 valence electrons. The zero-order chi connectivity index (χ0) is 19.2. The second-order valence-electron chi connectivity index (χ2n) is 7.84. The summed E-state index contributed by atoms with van der Waals surface area (Å²) < 4.78 is 10.7. The highest BCUT2D eigenvalue weighted by Crippen LogP contribution is 2.65. The Hall–Kier alpha value is -2.37. The minimum atomic E-state index is -1.18. The lowest BCUT2D eigenvalue weighted by atomic mass is 9.66. The van der Waals surface area contributed by atoms with Crippen LogP contribution in [0.4, 0.5) is 5.69 Å². The number of fused-ring (bicyclic) bond motifs is 2. The van der Waals surface area contributed by atoms with Gasteiger partial charge in [-0.1, -0.05) is 26.8 Å². The summed E-state index contributed by atoms with van der Waals surface area (Å²) in [5, 5.41) is 2.82. The lowest BCUT2D eigenvalue weighted by molar-refractivity contribution is -0.165. The Morgan fingerprint density at radius 1 is 1.23 bits per heavy atom. The van der Waals surface area contributed by atoms with E-state index in [1.54, 1.807) is 24.3 Å². The second kappa shape index (κ2) is 6.11. The Bertz CT molecular complexity index is 771. The van der Waals surface area contributed by atoms with E-state index in [4.69, 9.17) is 9.47 Å². The van der Waals surface area contributed by atoms with Crippen molar-refractivity contribution in [1.82, 2.24) is 0 Å². The molecule has 6 nitrogen and oxygen atoms in total. The van der Waals surface area contributed by atoms with Gasteiger partial charge in [0.25, 0.3) is 5.91 Å². The Balaban J connectivity index is 1.81. The zero-order valence-electron chi connectivity index (χ0n) is 15.7. The number of hydrogen-bond donors (Lipinski definition) is 1. The van der Waals surface area contributed by atoms with Gasteiger partial charge in [0.1, 0.15) is 0 Å². The van der Waals surface area contributed by atoms with Crippen LogP contribution >= 0.6 is 0 Å². The molecule has 2 fully saturated rings. The van der Waals surface area contributed by atoms with Crippen LogP contribution in [0.25, 0.3) is 0 Å². The number of ether oxygens (including phenoxy) is 2. The standard InChI is InChI=1S/C20H25NO5/c1-5-11-25-15(22)13-7-6-8-14(12-13)21-16(23)20-10-9-19(4,17(24)26-20)18(20,2)3/h6-8,12H,5,9-11H2,1-4H3,(H,21,23). The first kappa shape index (κ1) is 18.4. The van der Waals surface area contributed by atoms with Crippen molar-refractivity contribution in [3.05, 3.63) is 29.8 Å². The summed E-state index contributed by atoms with van der Waals surface area (Å²) in [5.74, 6) is -1.10. The highest BCUT2D eigenvalue weighted by molar-refractivity contribution is 6.03. The van der Waals surface area contributed by atoms with Crippen molar-refractivity contribution >= 4 is 23.5 Å². The van der Waals surface area contributed by atoms with Crippen molar-refractivity contribution in [1.29, 1.82) is 0 Å². The third kappa shape index (κ3) is 2.42. The molecule has 1 aromatic carbocycles. The summed E-state index contributed by atoms with van der Waals surface area (Å²) in [6.45, 7) is 7.94. The smallest absolute Gasteiger partial charge is 0.338 e. The maximum Gasteiger partial charge on any atom is 0.338 e. The van der Waals surface area contributed by atoms with E-state index in [0.29, 0.717) is 30.7 Å². The molecule has 0 radical (unpaired) electrons. The highest BCUT2D eigenvalue weighted by Gasteiger charge is 2.75. The molecule has 1 N–H and O–H groups in total.